The van der Waals surface area contributed by atoms with Crippen LogP contribution in [0.5, 0.6) is 0 Å². The SMILES string of the molecule is Cc1ccccc1CNC(=O)C(C)(C)C(=O)Nc1cccc(Br)c1. The molecule has 2 aromatic rings. The molecule has 0 bridgehead atoms. The molecule has 0 atom stereocenters. The Hall–Kier alpha value is -2.14. The quantitative estimate of drug-likeness (QED) is 0.759. The van der Waals surface area contributed by atoms with Crippen LogP contribution in [0.1, 0.15) is 25.0 Å². The molecule has 2 amide bonds. The maximum absolute atomic E-state index is 12.5. The van der Waals surface area contributed by atoms with Gasteiger partial charge in [-0.2, -0.15) is 0 Å². The third kappa shape index (κ3) is 4.45. The molecule has 2 N–H and O–H groups in total. The summed E-state index contributed by atoms with van der Waals surface area (Å²) in [5, 5.41) is 5.63. The highest BCUT2D eigenvalue weighted by molar-refractivity contribution is 9.10. The van der Waals surface area contributed by atoms with Gasteiger partial charge in [0.2, 0.25) is 11.8 Å². The zero-order valence-corrected chi connectivity index (χ0v) is 15.6. The van der Waals surface area contributed by atoms with Crippen molar-refractivity contribution in [2.75, 3.05) is 5.32 Å². The fourth-order valence-corrected chi connectivity index (χ4v) is 2.56. The summed E-state index contributed by atoms with van der Waals surface area (Å²) in [6.07, 6.45) is 0. The van der Waals surface area contributed by atoms with Gasteiger partial charge in [-0.25, -0.2) is 0 Å². The zero-order valence-electron chi connectivity index (χ0n) is 14.0. The first kappa shape index (κ1) is 18.2. The molecule has 0 aliphatic rings. The first-order valence-corrected chi connectivity index (χ1v) is 8.50. The summed E-state index contributed by atoms with van der Waals surface area (Å²) in [7, 11) is 0. The summed E-state index contributed by atoms with van der Waals surface area (Å²) in [5.41, 5.74) is 1.61. The highest BCUT2D eigenvalue weighted by atomic mass is 79.9. The van der Waals surface area contributed by atoms with Gasteiger partial charge in [-0.05, 0) is 50.1 Å². The van der Waals surface area contributed by atoms with Crippen LogP contribution >= 0.6 is 15.9 Å². The summed E-state index contributed by atoms with van der Waals surface area (Å²) in [6.45, 7) is 5.63. The third-order valence-electron chi connectivity index (χ3n) is 3.92. The number of anilines is 1. The molecule has 126 valence electrons. The number of amides is 2. The van der Waals surface area contributed by atoms with Crippen molar-refractivity contribution in [2.45, 2.75) is 27.3 Å². The zero-order chi connectivity index (χ0) is 17.7. The van der Waals surface area contributed by atoms with Gasteiger partial charge in [0.25, 0.3) is 0 Å². The average molecular weight is 389 g/mol. The Balaban J connectivity index is 2.01. The van der Waals surface area contributed by atoms with E-state index in [9.17, 15) is 9.59 Å². The fourth-order valence-electron chi connectivity index (χ4n) is 2.16. The van der Waals surface area contributed by atoms with Crippen LogP contribution in [0.2, 0.25) is 0 Å². The van der Waals surface area contributed by atoms with Crippen molar-refractivity contribution in [3.63, 3.8) is 0 Å². The predicted octanol–water partition coefficient (Wildman–Crippen LogP) is 4.04. The second-order valence-electron chi connectivity index (χ2n) is 6.20. The van der Waals surface area contributed by atoms with Gasteiger partial charge >= 0.3 is 0 Å². The summed E-state index contributed by atoms with van der Waals surface area (Å²) < 4.78 is 0.863. The molecule has 2 rings (SSSR count). The molecule has 0 saturated heterocycles. The normalized spacial score (nSPS) is 11.0. The van der Waals surface area contributed by atoms with E-state index in [4.69, 9.17) is 0 Å². The number of nitrogens with one attached hydrogen (secondary N) is 2. The van der Waals surface area contributed by atoms with E-state index in [2.05, 4.69) is 26.6 Å². The number of hydrogen-bond donors (Lipinski definition) is 2. The number of hydrogen-bond acceptors (Lipinski definition) is 2. The van der Waals surface area contributed by atoms with Crippen LogP contribution in [-0.2, 0) is 16.1 Å². The maximum Gasteiger partial charge on any atom is 0.239 e. The molecule has 0 unspecified atom stereocenters. The highest BCUT2D eigenvalue weighted by Gasteiger charge is 2.36. The number of benzene rings is 2. The lowest BCUT2D eigenvalue weighted by Crippen LogP contribution is -2.44. The molecule has 24 heavy (non-hydrogen) atoms. The van der Waals surface area contributed by atoms with Gasteiger partial charge < -0.3 is 10.6 Å². The minimum absolute atomic E-state index is 0.307. The van der Waals surface area contributed by atoms with Crippen molar-refractivity contribution in [3.8, 4) is 0 Å². The topological polar surface area (TPSA) is 58.2 Å². The van der Waals surface area contributed by atoms with Crippen LogP contribution in [0, 0.1) is 12.3 Å². The Labute approximate surface area is 150 Å². The van der Waals surface area contributed by atoms with E-state index in [-0.39, 0.29) is 11.8 Å². The first-order valence-electron chi connectivity index (χ1n) is 7.70. The van der Waals surface area contributed by atoms with Crippen LogP contribution in [0.4, 0.5) is 5.69 Å². The molecule has 0 saturated carbocycles. The Kier molecular flexibility index (Phi) is 5.78. The van der Waals surface area contributed by atoms with Crippen molar-refractivity contribution in [2.24, 2.45) is 5.41 Å². The van der Waals surface area contributed by atoms with Crippen molar-refractivity contribution >= 4 is 33.4 Å². The average Bonchev–Trinajstić information content (AvgIpc) is 2.53. The van der Waals surface area contributed by atoms with Crippen LogP contribution in [0.3, 0.4) is 0 Å². The van der Waals surface area contributed by atoms with Crippen molar-refractivity contribution in [1.29, 1.82) is 0 Å². The van der Waals surface area contributed by atoms with Crippen LogP contribution in [0.15, 0.2) is 53.0 Å². The minimum atomic E-state index is -1.18. The monoisotopic (exact) mass is 388 g/mol. The van der Waals surface area contributed by atoms with E-state index in [1.54, 1.807) is 26.0 Å². The predicted molar refractivity (Wildman–Crippen MR) is 99.6 cm³/mol. The lowest BCUT2D eigenvalue weighted by molar-refractivity contribution is -0.138. The summed E-state index contributed by atoms with van der Waals surface area (Å²) in [4.78, 5) is 24.9. The van der Waals surface area contributed by atoms with Gasteiger partial charge in [-0.15, -0.1) is 0 Å². The molecule has 0 spiro atoms. The molecule has 2 aromatic carbocycles. The lowest BCUT2D eigenvalue weighted by Gasteiger charge is -2.23. The molecule has 0 heterocycles. The van der Waals surface area contributed by atoms with Crippen LogP contribution in [0.25, 0.3) is 0 Å². The second-order valence-corrected chi connectivity index (χ2v) is 7.11. The summed E-state index contributed by atoms with van der Waals surface area (Å²) in [5.74, 6) is -0.652. The number of carbonyl (C=O) groups is 2. The molecule has 4 nitrogen and oxygen atoms in total. The molecule has 0 aliphatic heterocycles. The van der Waals surface area contributed by atoms with E-state index in [1.807, 2.05) is 43.3 Å². The van der Waals surface area contributed by atoms with E-state index in [1.165, 1.54) is 0 Å². The molecular formula is C19H21BrN2O2. The number of aryl methyl sites for hydroxylation is 1. The third-order valence-corrected chi connectivity index (χ3v) is 4.41. The van der Waals surface area contributed by atoms with Gasteiger partial charge in [0, 0.05) is 16.7 Å². The smallest absolute Gasteiger partial charge is 0.239 e. The lowest BCUT2D eigenvalue weighted by atomic mass is 9.90. The van der Waals surface area contributed by atoms with Gasteiger partial charge in [-0.3, -0.25) is 9.59 Å². The highest BCUT2D eigenvalue weighted by Crippen LogP contribution is 2.21. The van der Waals surface area contributed by atoms with Gasteiger partial charge in [-0.1, -0.05) is 46.3 Å². The molecule has 0 aromatic heterocycles. The first-order chi connectivity index (χ1) is 11.3. The molecular weight excluding hydrogens is 368 g/mol. The maximum atomic E-state index is 12.5. The van der Waals surface area contributed by atoms with Crippen molar-refractivity contribution in [1.82, 2.24) is 5.32 Å². The Bertz CT molecular complexity index is 757. The largest absolute Gasteiger partial charge is 0.351 e. The second kappa shape index (κ2) is 7.62. The molecule has 0 aliphatic carbocycles. The molecule has 0 fully saturated rings. The fraction of sp³-hybridized carbons (Fsp3) is 0.263. The number of rotatable bonds is 5. The van der Waals surface area contributed by atoms with Crippen LogP contribution < -0.4 is 10.6 Å². The number of halogens is 1. The van der Waals surface area contributed by atoms with E-state index in [0.29, 0.717) is 12.2 Å². The van der Waals surface area contributed by atoms with Crippen LogP contribution in [-0.4, -0.2) is 11.8 Å². The van der Waals surface area contributed by atoms with Gasteiger partial charge in [0.1, 0.15) is 5.41 Å². The van der Waals surface area contributed by atoms with E-state index in [0.717, 1.165) is 15.6 Å². The Morgan fingerprint density at radius 2 is 1.75 bits per heavy atom. The number of carbonyl (C=O) groups excluding carboxylic acids is 2. The standard InChI is InChI=1S/C19H21BrN2O2/c1-13-7-4-5-8-14(13)12-21-17(23)19(2,3)18(24)22-16-10-6-9-15(20)11-16/h4-11H,12H2,1-3H3,(H,21,23)(H,22,24). The molecule has 5 heteroatoms. The van der Waals surface area contributed by atoms with Gasteiger partial charge in [0.05, 0.1) is 0 Å². The van der Waals surface area contributed by atoms with E-state index < -0.39 is 5.41 Å². The molecule has 0 radical (unpaired) electrons. The Morgan fingerprint density at radius 1 is 1.04 bits per heavy atom. The Morgan fingerprint density at radius 3 is 2.42 bits per heavy atom. The van der Waals surface area contributed by atoms with Gasteiger partial charge in [0.15, 0.2) is 0 Å². The van der Waals surface area contributed by atoms with Crippen molar-refractivity contribution < 1.29 is 9.59 Å². The van der Waals surface area contributed by atoms with E-state index >= 15 is 0 Å². The minimum Gasteiger partial charge on any atom is -0.351 e. The summed E-state index contributed by atoms with van der Waals surface area (Å²) >= 11 is 3.36. The van der Waals surface area contributed by atoms with Crippen molar-refractivity contribution in [3.05, 3.63) is 64.1 Å². The summed E-state index contributed by atoms with van der Waals surface area (Å²) in [6, 6.07) is 15.1.